The highest BCUT2D eigenvalue weighted by Crippen LogP contribution is 2.26. The zero-order chi connectivity index (χ0) is 14.2. The molecule has 3 heterocycles. The van der Waals surface area contributed by atoms with Gasteiger partial charge in [0.15, 0.2) is 5.13 Å². The zero-order valence-electron chi connectivity index (χ0n) is 12.3. The molecule has 0 saturated carbocycles. The molecular weight excluding hydrogens is 270 g/mol. The fourth-order valence-corrected chi connectivity index (χ4v) is 3.09. The third-order valence-corrected chi connectivity index (χ3v) is 4.41. The van der Waals surface area contributed by atoms with E-state index in [9.17, 15) is 0 Å². The first-order valence-electron chi connectivity index (χ1n) is 6.96. The van der Waals surface area contributed by atoms with Gasteiger partial charge in [0.25, 0.3) is 0 Å². The summed E-state index contributed by atoms with van der Waals surface area (Å²) in [6.07, 6.45) is 5.91. The number of hydrogen-bond acceptors (Lipinski definition) is 5. The van der Waals surface area contributed by atoms with Gasteiger partial charge < -0.3 is 14.8 Å². The predicted octanol–water partition coefficient (Wildman–Crippen LogP) is 2.25. The molecule has 5 nitrogen and oxygen atoms in total. The summed E-state index contributed by atoms with van der Waals surface area (Å²) in [4.78, 5) is 12.6. The van der Waals surface area contributed by atoms with Gasteiger partial charge in [-0.3, -0.25) is 0 Å². The Labute approximate surface area is 123 Å². The SMILES string of the molecule is CC(C)(C)NCc1cnc(N2CCn3ccnc3C2)s1. The summed E-state index contributed by atoms with van der Waals surface area (Å²) in [5.74, 6) is 1.13. The number of imidazole rings is 1. The lowest BCUT2D eigenvalue weighted by atomic mass is 10.1. The van der Waals surface area contributed by atoms with Gasteiger partial charge in [-0.1, -0.05) is 0 Å². The molecule has 0 aromatic carbocycles. The highest BCUT2D eigenvalue weighted by molar-refractivity contribution is 7.15. The van der Waals surface area contributed by atoms with Crippen LogP contribution < -0.4 is 10.2 Å². The molecule has 1 aliphatic rings. The van der Waals surface area contributed by atoms with E-state index in [4.69, 9.17) is 0 Å². The van der Waals surface area contributed by atoms with E-state index in [1.165, 1.54) is 4.88 Å². The Hall–Kier alpha value is -1.40. The van der Waals surface area contributed by atoms with E-state index in [0.717, 1.165) is 37.1 Å². The lowest BCUT2D eigenvalue weighted by molar-refractivity contribution is 0.426. The first-order valence-corrected chi connectivity index (χ1v) is 7.78. The van der Waals surface area contributed by atoms with Crippen molar-refractivity contribution in [2.45, 2.75) is 45.9 Å². The molecular formula is C14H21N5S. The van der Waals surface area contributed by atoms with Gasteiger partial charge in [-0.2, -0.15) is 0 Å². The minimum absolute atomic E-state index is 0.139. The van der Waals surface area contributed by atoms with Gasteiger partial charge in [-0.15, -0.1) is 11.3 Å². The van der Waals surface area contributed by atoms with Crippen molar-refractivity contribution in [2.24, 2.45) is 0 Å². The quantitative estimate of drug-likeness (QED) is 0.942. The normalized spacial score (nSPS) is 15.4. The first kappa shape index (κ1) is 13.6. The topological polar surface area (TPSA) is 46.0 Å². The predicted molar refractivity (Wildman–Crippen MR) is 82.0 cm³/mol. The van der Waals surface area contributed by atoms with Crippen LogP contribution in [0.2, 0.25) is 0 Å². The molecule has 20 heavy (non-hydrogen) atoms. The maximum atomic E-state index is 4.57. The molecule has 0 spiro atoms. The molecule has 2 aromatic rings. The van der Waals surface area contributed by atoms with Crippen molar-refractivity contribution in [3.05, 3.63) is 29.3 Å². The Morgan fingerprint density at radius 3 is 2.95 bits per heavy atom. The van der Waals surface area contributed by atoms with Crippen LogP contribution in [0.5, 0.6) is 0 Å². The summed E-state index contributed by atoms with van der Waals surface area (Å²) in [5.41, 5.74) is 0.139. The Bertz CT molecular complexity index is 580. The summed E-state index contributed by atoms with van der Waals surface area (Å²) in [5, 5.41) is 4.60. The highest BCUT2D eigenvalue weighted by atomic mass is 32.1. The largest absolute Gasteiger partial charge is 0.339 e. The van der Waals surface area contributed by atoms with Crippen molar-refractivity contribution in [3.63, 3.8) is 0 Å². The molecule has 6 heteroatoms. The van der Waals surface area contributed by atoms with Gasteiger partial charge in [0, 0.05) is 48.6 Å². The van der Waals surface area contributed by atoms with E-state index in [-0.39, 0.29) is 5.54 Å². The first-order chi connectivity index (χ1) is 9.51. The minimum atomic E-state index is 0.139. The second kappa shape index (κ2) is 5.18. The van der Waals surface area contributed by atoms with Crippen molar-refractivity contribution < 1.29 is 0 Å². The van der Waals surface area contributed by atoms with Gasteiger partial charge >= 0.3 is 0 Å². The monoisotopic (exact) mass is 291 g/mol. The van der Waals surface area contributed by atoms with Crippen LogP contribution in [-0.2, 0) is 19.6 Å². The number of nitrogens with zero attached hydrogens (tertiary/aromatic N) is 4. The number of rotatable bonds is 3. The zero-order valence-corrected chi connectivity index (χ0v) is 13.1. The standard InChI is InChI=1S/C14H21N5S/c1-14(2,3)17-9-11-8-16-13(20-11)19-7-6-18-5-4-15-12(18)10-19/h4-5,8,17H,6-7,9-10H2,1-3H3. The number of nitrogens with one attached hydrogen (secondary N) is 1. The van der Waals surface area contributed by atoms with Crippen LogP contribution in [0.4, 0.5) is 5.13 Å². The van der Waals surface area contributed by atoms with E-state index in [2.05, 4.69) is 45.5 Å². The van der Waals surface area contributed by atoms with Crippen LogP contribution >= 0.6 is 11.3 Å². The molecule has 0 aliphatic carbocycles. The molecule has 2 aromatic heterocycles. The van der Waals surface area contributed by atoms with Crippen LogP contribution in [0.25, 0.3) is 0 Å². The van der Waals surface area contributed by atoms with Crippen molar-refractivity contribution in [1.82, 2.24) is 19.9 Å². The molecule has 0 atom stereocenters. The molecule has 0 amide bonds. The van der Waals surface area contributed by atoms with E-state index < -0.39 is 0 Å². The molecule has 0 bridgehead atoms. The number of hydrogen-bond donors (Lipinski definition) is 1. The van der Waals surface area contributed by atoms with Gasteiger partial charge in [0.1, 0.15) is 5.82 Å². The van der Waals surface area contributed by atoms with Crippen LogP contribution in [-0.4, -0.2) is 26.6 Å². The lowest BCUT2D eigenvalue weighted by Gasteiger charge is -2.27. The van der Waals surface area contributed by atoms with Crippen molar-refractivity contribution in [1.29, 1.82) is 0 Å². The average molecular weight is 291 g/mol. The van der Waals surface area contributed by atoms with E-state index >= 15 is 0 Å². The summed E-state index contributed by atoms with van der Waals surface area (Å²) in [6, 6.07) is 0. The molecule has 1 N–H and O–H groups in total. The van der Waals surface area contributed by atoms with Crippen molar-refractivity contribution >= 4 is 16.5 Å². The Kier molecular flexibility index (Phi) is 3.52. The molecule has 0 radical (unpaired) electrons. The molecule has 3 rings (SSSR count). The van der Waals surface area contributed by atoms with Crippen molar-refractivity contribution in [2.75, 3.05) is 11.4 Å². The van der Waals surface area contributed by atoms with Gasteiger partial charge in [0.2, 0.25) is 0 Å². The Morgan fingerprint density at radius 2 is 2.15 bits per heavy atom. The summed E-state index contributed by atoms with van der Waals surface area (Å²) >= 11 is 1.77. The minimum Gasteiger partial charge on any atom is -0.339 e. The second-order valence-electron chi connectivity index (χ2n) is 6.17. The van der Waals surface area contributed by atoms with E-state index in [1.807, 2.05) is 18.6 Å². The maximum absolute atomic E-state index is 4.57. The van der Waals surface area contributed by atoms with Crippen LogP contribution in [0.3, 0.4) is 0 Å². The highest BCUT2D eigenvalue weighted by Gasteiger charge is 2.19. The number of aromatic nitrogens is 3. The summed E-state index contributed by atoms with van der Waals surface area (Å²) < 4.78 is 2.21. The van der Waals surface area contributed by atoms with Crippen molar-refractivity contribution in [3.8, 4) is 0 Å². The Balaban J connectivity index is 1.66. The maximum Gasteiger partial charge on any atom is 0.186 e. The van der Waals surface area contributed by atoms with Crippen LogP contribution in [0, 0.1) is 0 Å². The number of thiazole rings is 1. The third-order valence-electron chi connectivity index (χ3n) is 3.35. The van der Waals surface area contributed by atoms with Gasteiger partial charge in [-0.25, -0.2) is 9.97 Å². The van der Waals surface area contributed by atoms with E-state index in [0.29, 0.717) is 0 Å². The van der Waals surface area contributed by atoms with Gasteiger partial charge in [-0.05, 0) is 20.8 Å². The number of fused-ring (bicyclic) bond motifs is 1. The fourth-order valence-electron chi connectivity index (χ4n) is 2.21. The molecule has 0 saturated heterocycles. The third kappa shape index (κ3) is 3.02. The van der Waals surface area contributed by atoms with Crippen LogP contribution in [0.15, 0.2) is 18.6 Å². The molecule has 108 valence electrons. The van der Waals surface area contributed by atoms with Gasteiger partial charge in [0.05, 0.1) is 6.54 Å². The smallest absolute Gasteiger partial charge is 0.186 e. The summed E-state index contributed by atoms with van der Waals surface area (Å²) in [6.45, 7) is 10.3. The molecule has 1 aliphatic heterocycles. The second-order valence-corrected chi connectivity index (χ2v) is 7.26. The average Bonchev–Trinajstić information content (AvgIpc) is 3.03. The lowest BCUT2D eigenvalue weighted by Crippen LogP contribution is -2.34. The number of anilines is 1. The van der Waals surface area contributed by atoms with E-state index in [1.54, 1.807) is 11.3 Å². The van der Waals surface area contributed by atoms with Crippen LogP contribution in [0.1, 0.15) is 31.5 Å². The fraction of sp³-hybridized carbons (Fsp3) is 0.571. The molecule has 0 unspecified atom stereocenters. The summed E-state index contributed by atoms with van der Waals surface area (Å²) in [7, 11) is 0. The Morgan fingerprint density at radius 1 is 1.30 bits per heavy atom. The molecule has 0 fully saturated rings.